The summed E-state index contributed by atoms with van der Waals surface area (Å²) in [6, 6.07) is 6.80. The van der Waals surface area contributed by atoms with Crippen LogP contribution in [0.4, 0.5) is 0 Å². The molecule has 1 unspecified atom stereocenters. The third-order valence-electron chi connectivity index (χ3n) is 4.70. The fraction of sp³-hybridized carbons (Fsp3) is 0.474. The van der Waals surface area contributed by atoms with E-state index in [0.717, 1.165) is 18.4 Å². The molecule has 1 atom stereocenters. The summed E-state index contributed by atoms with van der Waals surface area (Å²) in [4.78, 5) is 30.9. The highest BCUT2D eigenvalue weighted by Gasteiger charge is 2.49. The number of unbranched alkanes of at least 4 members (excludes halogenated alkanes) is 1. The van der Waals surface area contributed by atoms with E-state index in [1.807, 2.05) is 17.0 Å². The number of aryl methyl sites for hydroxylation is 1. The normalized spacial score (nSPS) is 18.7. The van der Waals surface area contributed by atoms with Crippen LogP contribution in [0.15, 0.2) is 41.5 Å². The number of aromatic nitrogens is 3. The van der Waals surface area contributed by atoms with Crippen molar-refractivity contribution in [1.29, 1.82) is 0 Å². The smallest absolute Gasteiger partial charge is 0.274 e. The molecule has 132 valence electrons. The highest BCUT2D eigenvalue weighted by atomic mass is 16.2. The number of hydrogen-bond donors (Lipinski definition) is 0. The van der Waals surface area contributed by atoms with Crippen molar-refractivity contribution in [1.82, 2.24) is 19.7 Å². The number of nitrogens with zero attached hydrogens (tertiary/aromatic N) is 4. The Balaban J connectivity index is 1.87. The van der Waals surface area contributed by atoms with Crippen molar-refractivity contribution in [3.05, 3.63) is 58.3 Å². The molecule has 25 heavy (non-hydrogen) atoms. The van der Waals surface area contributed by atoms with Crippen molar-refractivity contribution >= 4 is 5.91 Å². The van der Waals surface area contributed by atoms with E-state index in [-0.39, 0.29) is 22.9 Å². The number of carbonyl (C=O) groups excluding carboxylic acids is 1. The second kappa shape index (κ2) is 6.78. The third kappa shape index (κ3) is 3.34. The first-order valence-electron chi connectivity index (χ1n) is 8.73. The largest absolute Gasteiger partial charge is 0.329 e. The molecule has 3 rings (SSSR count). The maximum Gasteiger partial charge on any atom is 0.274 e. The lowest BCUT2D eigenvalue weighted by molar-refractivity contribution is -0.0329. The molecular formula is C19H24N4O2. The van der Waals surface area contributed by atoms with Gasteiger partial charge in [0.2, 0.25) is 0 Å². The molecular weight excluding hydrogens is 316 g/mol. The summed E-state index contributed by atoms with van der Waals surface area (Å²) in [5, 5.41) is 4.29. The number of pyridine rings is 1. The molecule has 1 aliphatic heterocycles. The average molecular weight is 340 g/mol. The second-order valence-corrected chi connectivity index (χ2v) is 7.24. The van der Waals surface area contributed by atoms with Crippen LogP contribution in [0.25, 0.3) is 0 Å². The number of carbonyl (C=O) groups is 1. The Morgan fingerprint density at radius 3 is 2.76 bits per heavy atom. The van der Waals surface area contributed by atoms with Gasteiger partial charge in [-0.25, -0.2) is 4.68 Å². The minimum Gasteiger partial charge on any atom is -0.329 e. The zero-order valence-electron chi connectivity index (χ0n) is 15.0. The highest BCUT2D eigenvalue weighted by molar-refractivity contribution is 5.93. The molecule has 3 heterocycles. The summed E-state index contributed by atoms with van der Waals surface area (Å²) < 4.78 is 1.39. The quantitative estimate of drug-likeness (QED) is 0.839. The van der Waals surface area contributed by atoms with Gasteiger partial charge in [-0.2, -0.15) is 5.10 Å². The van der Waals surface area contributed by atoms with E-state index in [1.165, 1.54) is 16.8 Å². The Labute approximate surface area is 147 Å². The van der Waals surface area contributed by atoms with Gasteiger partial charge in [-0.05, 0) is 24.1 Å². The number of likely N-dealkylation sites (tertiary alicyclic amines) is 1. The van der Waals surface area contributed by atoms with E-state index in [4.69, 9.17) is 0 Å². The molecule has 6 nitrogen and oxygen atoms in total. The zero-order chi connectivity index (χ0) is 18.0. The maximum absolute atomic E-state index is 13.0. The van der Waals surface area contributed by atoms with Crippen molar-refractivity contribution in [2.24, 2.45) is 5.41 Å². The number of rotatable bonds is 5. The van der Waals surface area contributed by atoms with Gasteiger partial charge in [0.15, 0.2) is 0 Å². The predicted molar refractivity (Wildman–Crippen MR) is 95.2 cm³/mol. The van der Waals surface area contributed by atoms with E-state index in [2.05, 4.69) is 30.9 Å². The van der Waals surface area contributed by atoms with Gasteiger partial charge in [-0.1, -0.05) is 33.3 Å². The van der Waals surface area contributed by atoms with E-state index in [9.17, 15) is 9.59 Å². The summed E-state index contributed by atoms with van der Waals surface area (Å²) in [6.07, 6.45) is 5.36. The first kappa shape index (κ1) is 17.3. The molecule has 1 aliphatic rings. The van der Waals surface area contributed by atoms with Gasteiger partial charge in [0.05, 0.1) is 6.04 Å². The first-order chi connectivity index (χ1) is 11.9. The van der Waals surface area contributed by atoms with Crippen LogP contribution in [0, 0.1) is 5.41 Å². The molecule has 2 aromatic heterocycles. The summed E-state index contributed by atoms with van der Waals surface area (Å²) in [6.45, 7) is 7.53. The molecule has 0 spiro atoms. The van der Waals surface area contributed by atoms with Gasteiger partial charge >= 0.3 is 0 Å². The average Bonchev–Trinajstić information content (AvgIpc) is 2.59. The topological polar surface area (TPSA) is 68.1 Å². The van der Waals surface area contributed by atoms with Crippen LogP contribution >= 0.6 is 0 Å². The Bertz CT molecular complexity index is 814. The van der Waals surface area contributed by atoms with Crippen molar-refractivity contribution in [3.8, 4) is 0 Å². The van der Waals surface area contributed by atoms with Gasteiger partial charge in [0.1, 0.15) is 5.69 Å². The van der Waals surface area contributed by atoms with Crippen molar-refractivity contribution < 1.29 is 4.79 Å². The lowest BCUT2D eigenvalue weighted by atomic mass is 9.72. The summed E-state index contributed by atoms with van der Waals surface area (Å²) >= 11 is 0. The van der Waals surface area contributed by atoms with Crippen molar-refractivity contribution in [3.63, 3.8) is 0 Å². The Kier molecular flexibility index (Phi) is 4.70. The highest BCUT2D eigenvalue weighted by Crippen LogP contribution is 2.48. The third-order valence-corrected chi connectivity index (χ3v) is 4.70. The van der Waals surface area contributed by atoms with Gasteiger partial charge in [0.25, 0.3) is 11.5 Å². The maximum atomic E-state index is 13.0. The van der Waals surface area contributed by atoms with Crippen LogP contribution < -0.4 is 5.56 Å². The van der Waals surface area contributed by atoms with Crippen molar-refractivity contribution in [2.45, 2.75) is 46.2 Å². The van der Waals surface area contributed by atoms with Gasteiger partial charge in [-0.3, -0.25) is 14.6 Å². The predicted octanol–water partition coefficient (Wildman–Crippen LogP) is 2.66. The van der Waals surface area contributed by atoms with E-state index >= 15 is 0 Å². The molecule has 0 radical (unpaired) electrons. The van der Waals surface area contributed by atoms with E-state index < -0.39 is 0 Å². The van der Waals surface area contributed by atoms with Crippen LogP contribution in [-0.2, 0) is 6.54 Å². The lowest BCUT2D eigenvalue weighted by Gasteiger charge is -2.54. The van der Waals surface area contributed by atoms with Crippen LogP contribution in [0.3, 0.4) is 0 Å². The Hall–Kier alpha value is -2.50. The molecule has 2 aromatic rings. The molecule has 0 aromatic carbocycles. The standard InChI is InChI=1S/C19H24N4O2/c1-4-5-11-23-16(24)9-8-15(21-23)18(25)22-13-19(2,3)17(22)14-7-6-10-20-12-14/h6-10,12,17H,4-5,11,13H2,1-3H3. The first-order valence-corrected chi connectivity index (χ1v) is 8.73. The molecule has 1 amide bonds. The number of amides is 1. The van der Waals surface area contributed by atoms with Crippen LogP contribution in [0.5, 0.6) is 0 Å². The second-order valence-electron chi connectivity index (χ2n) is 7.24. The lowest BCUT2D eigenvalue weighted by Crippen LogP contribution is -2.58. The molecule has 0 aliphatic carbocycles. The van der Waals surface area contributed by atoms with Gasteiger partial charge < -0.3 is 4.90 Å². The summed E-state index contributed by atoms with van der Waals surface area (Å²) in [5.74, 6) is -0.140. The molecule has 0 N–H and O–H groups in total. The molecule has 6 heteroatoms. The fourth-order valence-corrected chi connectivity index (χ4v) is 3.46. The van der Waals surface area contributed by atoms with E-state index in [1.54, 1.807) is 12.4 Å². The van der Waals surface area contributed by atoms with Gasteiger partial charge in [0, 0.05) is 37.0 Å². The Morgan fingerprint density at radius 2 is 2.12 bits per heavy atom. The fourth-order valence-electron chi connectivity index (χ4n) is 3.46. The minimum atomic E-state index is -0.169. The summed E-state index contributed by atoms with van der Waals surface area (Å²) in [5.41, 5.74) is 1.15. The number of hydrogen-bond acceptors (Lipinski definition) is 4. The molecule has 1 saturated heterocycles. The monoisotopic (exact) mass is 340 g/mol. The van der Waals surface area contributed by atoms with E-state index in [0.29, 0.717) is 18.8 Å². The molecule has 0 saturated carbocycles. The minimum absolute atomic E-state index is 0.0185. The van der Waals surface area contributed by atoms with Crippen LogP contribution in [0.1, 0.15) is 55.7 Å². The van der Waals surface area contributed by atoms with Crippen LogP contribution in [-0.4, -0.2) is 32.1 Å². The summed E-state index contributed by atoms with van der Waals surface area (Å²) in [7, 11) is 0. The Morgan fingerprint density at radius 1 is 1.32 bits per heavy atom. The molecule has 1 fully saturated rings. The van der Waals surface area contributed by atoms with Crippen molar-refractivity contribution in [2.75, 3.05) is 6.54 Å². The molecule has 0 bridgehead atoms. The zero-order valence-corrected chi connectivity index (χ0v) is 15.0. The SMILES string of the molecule is CCCCn1nc(C(=O)N2CC(C)(C)C2c2cccnc2)ccc1=O. The van der Waals surface area contributed by atoms with Gasteiger partial charge in [-0.15, -0.1) is 0 Å². The van der Waals surface area contributed by atoms with Crippen LogP contribution in [0.2, 0.25) is 0 Å².